The van der Waals surface area contributed by atoms with E-state index in [0.717, 1.165) is 22.7 Å². The molecule has 0 amide bonds. The number of nitrogens with zero attached hydrogens (tertiary/aromatic N) is 3. The molecule has 0 fully saturated rings. The highest BCUT2D eigenvalue weighted by atomic mass is 35.5. The van der Waals surface area contributed by atoms with Gasteiger partial charge in [-0.15, -0.1) is 11.3 Å². The lowest BCUT2D eigenvalue weighted by molar-refractivity contribution is 0.261. The number of rotatable bonds is 6. The average Bonchev–Trinajstić information content (AvgIpc) is 3.16. The number of hydrogen-bond acceptors (Lipinski definition) is 6. The van der Waals surface area contributed by atoms with Gasteiger partial charge in [-0.2, -0.15) is 4.98 Å². The first kappa shape index (κ1) is 16.0. The Balaban J connectivity index is 1.70. The summed E-state index contributed by atoms with van der Waals surface area (Å²) in [6.45, 7) is 1.52. The van der Waals surface area contributed by atoms with E-state index in [1.165, 1.54) is 11.3 Å². The summed E-state index contributed by atoms with van der Waals surface area (Å²) in [6.07, 6.45) is 0. The lowest BCUT2D eigenvalue weighted by Crippen LogP contribution is -2.19. The minimum atomic E-state index is 0.436. The third-order valence-electron chi connectivity index (χ3n) is 3.16. The third kappa shape index (κ3) is 3.90. The van der Waals surface area contributed by atoms with Crippen molar-refractivity contribution in [2.75, 3.05) is 27.2 Å². The molecule has 0 saturated carbocycles. The zero-order valence-electron chi connectivity index (χ0n) is 12.8. The summed E-state index contributed by atoms with van der Waals surface area (Å²) in [5, 5.41) is 6.52. The molecule has 3 rings (SSSR count). The minimum Gasteiger partial charge on any atom is -0.492 e. The third-order valence-corrected chi connectivity index (χ3v) is 4.49. The van der Waals surface area contributed by atoms with Gasteiger partial charge < -0.3 is 14.2 Å². The molecule has 0 bridgehead atoms. The molecular weight excluding hydrogens is 334 g/mol. The fraction of sp³-hybridized carbons (Fsp3) is 0.250. The van der Waals surface area contributed by atoms with Crippen molar-refractivity contribution in [2.24, 2.45) is 0 Å². The SMILES string of the molecule is CN(C)CCOc1ccc(-c2noc(-c3sccc3Cl)n2)cc1. The van der Waals surface area contributed by atoms with E-state index in [4.69, 9.17) is 20.9 Å². The Hall–Kier alpha value is -1.89. The molecule has 0 saturated heterocycles. The van der Waals surface area contributed by atoms with E-state index in [0.29, 0.717) is 23.3 Å². The maximum Gasteiger partial charge on any atom is 0.269 e. The molecule has 3 aromatic rings. The van der Waals surface area contributed by atoms with Crippen LogP contribution in [0.5, 0.6) is 5.75 Å². The molecule has 0 aliphatic heterocycles. The zero-order valence-corrected chi connectivity index (χ0v) is 14.4. The summed E-state index contributed by atoms with van der Waals surface area (Å²) in [5.41, 5.74) is 0.868. The Morgan fingerprint density at radius 1 is 1.22 bits per heavy atom. The van der Waals surface area contributed by atoms with Crippen LogP contribution in [-0.4, -0.2) is 42.3 Å². The summed E-state index contributed by atoms with van der Waals surface area (Å²) in [6, 6.07) is 9.44. The Morgan fingerprint density at radius 2 is 2.00 bits per heavy atom. The molecule has 23 heavy (non-hydrogen) atoms. The molecule has 0 unspecified atom stereocenters. The van der Waals surface area contributed by atoms with Gasteiger partial charge in [0.1, 0.15) is 17.2 Å². The molecule has 0 radical (unpaired) electrons. The van der Waals surface area contributed by atoms with Gasteiger partial charge in [0.15, 0.2) is 0 Å². The van der Waals surface area contributed by atoms with E-state index in [9.17, 15) is 0 Å². The lowest BCUT2D eigenvalue weighted by Gasteiger charge is -2.10. The molecular formula is C16H16ClN3O2S. The Labute approximate surface area is 143 Å². The Bertz CT molecular complexity index is 768. The van der Waals surface area contributed by atoms with E-state index in [1.807, 2.05) is 49.8 Å². The van der Waals surface area contributed by atoms with Crippen LogP contribution in [0.25, 0.3) is 22.2 Å². The van der Waals surface area contributed by atoms with Crippen molar-refractivity contribution >= 4 is 22.9 Å². The van der Waals surface area contributed by atoms with Crippen LogP contribution in [0.15, 0.2) is 40.2 Å². The molecule has 2 heterocycles. The fourth-order valence-corrected chi connectivity index (χ4v) is 2.98. The van der Waals surface area contributed by atoms with Crippen molar-refractivity contribution in [3.05, 3.63) is 40.7 Å². The first-order chi connectivity index (χ1) is 11.1. The number of likely N-dealkylation sites (N-methyl/N-ethyl adjacent to an activating group) is 1. The van der Waals surface area contributed by atoms with Crippen LogP contribution in [0, 0.1) is 0 Å². The van der Waals surface area contributed by atoms with Gasteiger partial charge in [0.25, 0.3) is 5.89 Å². The average molecular weight is 350 g/mol. The van der Waals surface area contributed by atoms with Gasteiger partial charge in [-0.1, -0.05) is 16.8 Å². The number of benzene rings is 1. The van der Waals surface area contributed by atoms with Crippen molar-refractivity contribution in [3.8, 4) is 27.9 Å². The van der Waals surface area contributed by atoms with Gasteiger partial charge >= 0.3 is 0 Å². The van der Waals surface area contributed by atoms with Crippen LogP contribution in [0.1, 0.15) is 0 Å². The van der Waals surface area contributed by atoms with Crippen LogP contribution in [0.2, 0.25) is 5.02 Å². The van der Waals surface area contributed by atoms with Gasteiger partial charge in [-0.25, -0.2) is 0 Å². The molecule has 7 heteroatoms. The highest BCUT2D eigenvalue weighted by Crippen LogP contribution is 2.33. The number of thiophene rings is 1. The van der Waals surface area contributed by atoms with Crippen LogP contribution < -0.4 is 4.74 Å². The molecule has 0 N–H and O–H groups in total. The Kier molecular flexibility index (Phi) is 4.95. The highest BCUT2D eigenvalue weighted by Gasteiger charge is 2.14. The predicted octanol–water partition coefficient (Wildman–Crippen LogP) is 4.06. The van der Waals surface area contributed by atoms with E-state index >= 15 is 0 Å². The molecule has 5 nitrogen and oxygen atoms in total. The summed E-state index contributed by atoms with van der Waals surface area (Å²) in [4.78, 5) is 7.26. The zero-order chi connectivity index (χ0) is 16.2. The molecule has 1 aromatic carbocycles. The second-order valence-corrected chi connectivity index (χ2v) is 6.52. The first-order valence-corrected chi connectivity index (χ1v) is 8.34. The van der Waals surface area contributed by atoms with Crippen molar-refractivity contribution in [1.29, 1.82) is 0 Å². The van der Waals surface area contributed by atoms with Crippen LogP contribution in [0.4, 0.5) is 0 Å². The van der Waals surface area contributed by atoms with Crippen molar-refractivity contribution in [2.45, 2.75) is 0 Å². The summed E-state index contributed by atoms with van der Waals surface area (Å²) in [5.74, 6) is 1.79. The molecule has 120 valence electrons. The van der Waals surface area contributed by atoms with E-state index in [2.05, 4.69) is 15.0 Å². The maximum atomic E-state index is 6.08. The standard InChI is InChI=1S/C16H16ClN3O2S/c1-20(2)8-9-21-12-5-3-11(4-6-12)15-18-16(22-19-15)14-13(17)7-10-23-14/h3-7,10H,8-9H2,1-2H3. The monoisotopic (exact) mass is 349 g/mol. The molecule has 0 aliphatic rings. The maximum absolute atomic E-state index is 6.08. The minimum absolute atomic E-state index is 0.436. The fourth-order valence-electron chi connectivity index (χ4n) is 1.93. The molecule has 0 aliphatic carbocycles. The number of aromatic nitrogens is 2. The second-order valence-electron chi connectivity index (χ2n) is 5.20. The summed E-state index contributed by atoms with van der Waals surface area (Å²) >= 11 is 7.56. The lowest BCUT2D eigenvalue weighted by atomic mass is 10.2. The van der Waals surface area contributed by atoms with Crippen molar-refractivity contribution in [3.63, 3.8) is 0 Å². The smallest absolute Gasteiger partial charge is 0.269 e. The summed E-state index contributed by atoms with van der Waals surface area (Å²) < 4.78 is 11.0. The van der Waals surface area contributed by atoms with Gasteiger partial charge in [0.05, 0.1) is 5.02 Å². The van der Waals surface area contributed by atoms with Gasteiger partial charge in [-0.05, 0) is 49.8 Å². The van der Waals surface area contributed by atoms with E-state index in [1.54, 1.807) is 0 Å². The van der Waals surface area contributed by atoms with Crippen molar-refractivity contribution < 1.29 is 9.26 Å². The molecule has 0 spiro atoms. The van der Waals surface area contributed by atoms with Crippen LogP contribution >= 0.6 is 22.9 Å². The molecule has 0 atom stereocenters. The number of halogens is 1. The van der Waals surface area contributed by atoms with Crippen LogP contribution in [0.3, 0.4) is 0 Å². The van der Waals surface area contributed by atoms with Crippen molar-refractivity contribution in [1.82, 2.24) is 15.0 Å². The first-order valence-electron chi connectivity index (χ1n) is 7.08. The molecule has 2 aromatic heterocycles. The topological polar surface area (TPSA) is 51.4 Å². The Morgan fingerprint density at radius 3 is 2.65 bits per heavy atom. The number of ether oxygens (including phenoxy) is 1. The largest absolute Gasteiger partial charge is 0.492 e. The second kappa shape index (κ2) is 7.12. The van der Waals surface area contributed by atoms with Crippen LogP contribution in [-0.2, 0) is 0 Å². The predicted molar refractivity (Wildman–Crippen MR) is 92.1 cm³/mol. The van der Waals surface area contributed by atoms with E-state index < -0.39 is 0 Å². The van der Waals surface area contributed by atoms with Gasteiger partial charge in [-0.3, -0.25) is 0 Å². The van der Waals surface area contributed by atoms with Gasteiger partial charge in [0, 0.05) is 12.1 Å². The normalized spacial score (nSPS) is 11.1. The summed E-state index contributed by atoms with van der Waals surface area (Å²) in [7, 11) is 4.03. The van der Waals surface area contributed by atoms with Gasteiger partial charge in [0.2, 0.25) is 5.82 Å². The quantitative estimate of drug-likeness (QED) is 0.671. The van der Waals surface area contributed by atoms with E-state index in [-0.39, 0.29) is 0 Å². The highest BCUT2D eigenvalue weighted by molar-refractivity contribution is 7.14. The number of hydrogen-bond donors (Lipinski definition) is 0.